The van der Waals surface area contributed by atoms with Crippen LogP contribution in [0.4, 0.5) is 5.82 Å². The normalized spacial score (nSPS) is 10.6. The highest BCUT2D eigenvalue weighted by atomic mass is 16.7. The Morgan fingerprint density at radius 2 is 2.05 bits per heavy atom. The van der Waals surface area contributed by atoms with E-state index in [4.69, 9.17) is 15.2 Å². The highest BCUT2D eigenvalue weighted by Gasteiger charge is 2.12. The second-order valence-electron chi connectivity index (χ2n) is 4.56. The summed E-state index contributed by atoms with van der Waals surface area (Å²) in [6.07, 6.45) is 3.44. The van der Waals surface area contributed by atoms with Gasteiger partial charge in [0.05, 0.1) is 11.9 Å². The summed E-state index contributed by atoms with van der Waals surface area (Å²) in [5.74, 6) is 1.02. The number of nitrogens with two attached hydrogens (primary N) is 1. The number of hydrogen-bond acceptors (Lipinski definition) is 6. The second kappa shape index (κ2) is 6.23. The van der Waals surface area contributed by atoms with Crippen LogP contribution < -0.4 is 10.5 Å². The minimum Gasteiger partial charge on any atom is -0.467 e. The lowest BCUT2D eigenvalue weighted by Crippen LogP contribution is -2.02. The molecule has 0 bridgehead atoms. The van der Waals surface area contributed by atoms with Gasteiger partial charge >= 0.3 is 0 Å². The largest absolute Gasteiger partial charge is 0.467 e. The summed E-state index contributed by atoms with van der Waals surface area (Å²) in [7, 11) is 1.57. The molecule has 22 heavy (non-hydrogen) atoms. The molecule has 1 aromatic carbocycles. The van der Waals surface area contributed by atoms with Crippen molar-refractivity contribution in [1.82, 2.24) is 20.4 Å². The van der Waals surface area contributed by atoms with Gasteiger partial charge in [-0.15, -0.1) is 10.2 Å². The number of nitrogens with one attached hydrogen (secondary N) is 1. The first kappa shape index (κ1) is 14.0. The smallest absolute Gasteiger partial charge is 0.188 e. The fourth-order valence-electron chi connectivity index (χ4n) is 2.09. The second-order valence-corrected chi connectivity index (χ2v) is 4.56. The molecule has 0 atom stereocenters. The fraction of sp³-hybridized carbons (Fsp3) is 0.133. The van der Waals surface area contributed by atoms with E-state index in [9.17, 15) is 0 Å². The molecule has 0 saturated heterocycles. The van der Waals surface area contributed by atoms with E-state index in [2.05, 4.69) is 20.4 Å². The molecule has 3 aromatic rings. The Labute approximate surface area is 127 Å². The fourth-order valence-corrected chi connectivity index (χ4v) is 2.09. The molecule has 0 aliphatic carbocycles. The summed E-state index contributed by atoms with van der Waals surface area (Å²) in [5.41, 5.74) is 9.01. The number of nitrogens with zero attached hydrogens (tertiary/aromatic N) is 3. The van der Waals surface area contributed by atoms with Crippen LogP contribution in [0.5, 0.6) is 5.75 Å². The lowest BCUT2D eigenvalue weighted by Gasteiger charge is -2.11. The monoisotopic (exact) mass is 297 g/mol. The Morgan fingerprint density at radius 3 is 2.82 bits per heavy atom. The van der Waals surface area contributed by atoms with Gasteiger partial charge in [0.1, 0.15) is 5.75 Å². The molecule has 0 spiro atoms. The highest BCUT2D eigenvalue weighted by molar-refractivity contribution is 5.78. The van der Waals surface area contributed by atoms with E-state index in [1.807, 2.05) is 30.3 Å². The predicted octanol–water partition coefficient (Wildman–Crippen LogP) is 2.10. The first-order chi connectivity index (χ1) is 10.8. The van der Waals surface area contributed by atoms with Gasteiger partial charge < -0.3 is 15.2 Å². The first-order valence-electron chi connectivity index (χ1n) is 6.63. The highest BCUT2D eigenvalue weighted by Crippen LogP contribution is 2.32. The van der Waals surface area contributed by atoms with Crippen molar-refractivity contribution < 1.29 is 9.47 Å². The number of H-pyrrole nitrogens is 1. The van der Waals surface area contributed by atoms with Crippen LogP contribution in [0.15, 0.2) is 42.7 Å². The number of aromatic nitrogens is 4. The Morgan fingerprint density at radius 1 is 1.18 bits per heavy atom. The number of nitrogen functional groups attached to an aromatic ring is 1. The molecular formula is C15H15N5O2. The zero-order valence-electron chi connectivity index (χ0n) is 12.0. The summed E-state index contributed by atoms with van der Waals surface area (Å²) in [4.78, 5) is 0. The van der Waals surface area contributed by atoms with Crippen molar-refractivity contribution in [3.63, 3.8) is 0 Å². The van der Waals surface area contributed by atoms with Crippen LogP contribution in [-0.2, 0) is 4.74 Å². The lowest BCUT2D eigenvalue weighted by atomic mass is 10.1. The van der Waals surface area contributed by atoms with Crippen LogP contribution in [0.1, 0.15) is 0 Å². The Bertz CT molecular complexity index is 758. The van der Waals surface area contributed by atoms with Crippen molar-refractivity contribution >= 4 is 5.82 Å². The standard InChI is InChI=1S/C15H15N5O2/c1-21-9-22-14-5-3-2-4-11(14)13-6-12(15(16)20-19-13)10-7-17-18-8-10/h2-8H,9H2,1H3,(H2,16,20)(H,17,18). The number of anilines is 1. The summed E-state index contributed by atoms with van der Waals surface area (Å²) in [6, 6.07) is 9.41. The van der Waals surface area contributed by atoms with Gasteiger partial charge in [0.15, 0.2) is 12.6 Å². The minimum atomic E-state index is 0.161. The quantitative estimate of drug-likeness (QED) is 0.700. The number of methoxy groups -OCH3 is 1. The maximum Gasteiger partial charge on any atom is 0.188 e. The molecule has 0 saturated carbocycles. The Kier molecular flexibility index (Phi) is 3.97. The van der Waals surface area contributed by atoms with Crippen molar-refractivity contribution in [3.8, 4) is 28.1 Å². The zero-order chi connectivity index (χ0) is 15.4. The number of para-hydroxylation sites is 1. The molecule has 3 N–H and O–H groups in total. The van der Waals surface area contributed by atoms with Crippen molar-refractivity contribution in [2.24, 2.45) is 0 Å². The van der Waals surface area contributed by atoms with Crippen LogP contribution in [0, 0.1) is 0 Å². The molecule has 2 aromatic heterocycles. The van der Waals surface area contributed by atoms with E-state index < -0.39 is 0 Å². The third kappa shape index (κ3) is 2.75. The van der Waals surface area contributed by atoms with Gasteiger partial charge in [-0.2, -0.15) is 5.10 Å². The van der Waals surface area contributed by atoms with Gasteiger partial charge in [0.2, 0.25) is 0 Å². The number of ether oxygens (including phenoxy) is 2. The first-order valence-corrected chi connectivity index (χ1v) is 6.63. The third-order valence-corrected chi connectivity index (χ3v) is 3.13. The number of aromatic amines is 1. The molecule has 0 unspecified atom stereocenters. The number of rotatable bonds is 5. The molecule has 0 amide bonds. The van der Waals surface area contributed by atoms with E-state index in [0.29, 0.717) is 17.3 Å². The van der Waals surface area contributed by atoms with Crippen LogP contribution in [0.25, 0.3) is 22.4 Å². The Hall–Kier alpha value is -2.93. The predicted molar refractivity (Wildman–Crippen MR) is 82.0 cm³/mol. The molecule has 112 valence electrons. The van der Waals surface area contributed by atoms with E-state index in [1.165, 1.54) is 0 Å². The molecule has 0 aliphatic rings. The molecule has 3 rings (SSSR count). The molecule has 0 radical (unpaired) electrons. The SMILES string of the molecule is COCOc1ccccc1-c1cc(-c2cn[nH]c2)c(N)nn1. The third-order valence-electron chi connectivity index (χ3n) is 3.13. The zero-order valence-corrected chi connectivity index (χ0v) is 12.0. The van der Waals surface area contributed by atoms with Gasteiger partial charge in [0, 0.05) is 30.0 Å². The van der Waals surface area contributed by atoms with Crippen molar-refractivity contribution in [3.05, 3.63) is 42.7 Å². The number of hydrogen-bond donors (Lipinski definition) is 2. The van der Waals surface area contributed by atoms with Gasteiger partial charge in [-0.1, -0.05) is 12.1 Å². The van der Waals surface area contributed by atoms with Crippen molar-refractivity contribution in [2.75, 3.05) is 19.6 Å². The van der Waals surface area contributed by atoms with Crippen molar-refractivity contribution in [2.45, 2.75) is 0 Å². The summed E-state index contributed by atoms with van der Waals surface area (Å²) in [6.45, 7) is 0.161. The van der Waals surface area contributed by atoms with Crippen LogP contribution in [-0.4, -0.2) is 34.3 Å². The van der Waals surface area contributed by atoms with Crippen LogP contribution in [0.3, 0.4) is 0 Å². The topological polar surface area (TPSA) is 98.9 Å². The molecule has 0 fully saturated rings. The molecule has 7 heteroatoms. The maximum atomic E-state index is 5.91. The van der Waals surface area contributed by atoms with Gasteiger partial charge in [-0.25, -0.2) is 0 Å². The summed E-state index contributed by atoms with van der Waals surface area (Å²) in [5, 5.41) is 14.9. The van der Waals surface area contributed by atoms with Crippen LogP contribution >= 0.6 is 0 Å². The van der Waals surface area contributed by atoms with Gasteiger partial charge in [0.25, 0.3) is 0 Å². The van der Waals surface area contributed by atoms with Crippen LogP contribution in [0.2, 0.25) is 0 Å². The number of benzene rings is 1. The van der Waals surface area contributed by atoms with E-state index in [0.717, 1.165) is 16.7 Å². The van der Waals surface area contributed by atoms with E-state index >= 15 is 0 Å². The molecule has 2 heterocycles. The molecular weight excluding hydrogens is 282 g/mol. The average molecular weight is 297 g/mol. The van der Waals surface area contributed by atoms with Crippen molar-refractivity contribution in [1.29, 1.82) is 0 Å². The van der Waals surface area contributed by atoms with Gasteiger partial charge in [-0.3, -0.25) is 5.10 Å². The maximum absolute atomic E-state index is 5.91. The summed E-state index contributed by atoms with van der Waals surface area (Å²) < 4.78 is 10.5. The lowest BCUT2D eigenvalue weighted by molar-refractivity contribution is 0.0515. The van der Waals surface area contributed by atoms with E-state index in [-0.39, 0.29) is 6.79 Å². The molecule has 0 aliphatic heterocycles. The molecule has 7 nitrogen and oxygen atoms in total. The summed E-state index contributed by atoms with van der Waals surface area (Å²) >= 11 is 0. The average Bonchev–Trinajstić information content (AvgIpc) is 3.08. The van der Waals surface area contributed by atoms with E-state index in [1.54, 1.807) is 19.5 Å². The Balaban J connectivity index is 2.04. The minimum absolute atomic E-state index is 0.161. The van der Waals surface area contributed by atoms with Gasteiger partial charge in [-0.05, 0) is 18.2 Å².